The molecule has 1 aliphatic carbocycles. The molecule has 0 saturated heterocycles. The summed E-state index contributed by atoms with van der Waals surface area (Å²) in [7, 11) is 0. The smallest absolute Gasteiger partial charge is 0.329 e. The van der Waals surface area contributed by atoms with Crippen LogP contribution in [-0.4, -0.2) is 15.0 Å². The van der Waals surface area contributed by atoms with Crippen LogP contribution in [0.15, 0.2) is 59.4 Å². The molecule has 2 aromatic carbocycles. The van der Waals surface area contributed by atoms with Gasteiger partial charge in [0.1, 0.15) is 0 Å². The number of nitrogens with zero attached hydrogens (tertiary/aromatic N) is 2. The molecule has 1 amide bonds. The van der Waals surface area contributed by atoms with Gasteiger partial charge in [-0.05, 0) is 43.4 Å². The maximum Gasteiger partial charge on any atom is 0.329 e. The van der Waals surface area contributed by atoms with E-state index in [4.69, 9.17) is 0 Å². The summed E-state index contributed by atoms with van der Waals surface area (Å²) < 4.78 is 3.47. The van der Waals surface area contributed by atoms with Crippen LogP contribution in [0.2, 0.25) is 0 Å². The van der Waals surface area contributed by atoms with Gasteiger partial charge in [0.05, 0.1) is 17.1 Å². The highest BCUT2D eigenvalue weighted by atomic mass is 16.2. The van der Waals surface area contributed by atoms with Crippen molar-refractivity contribution in [1.29, 1.82) is 0 Å². The second kappa shape index (κ2) is 7.43. The van der Waals surface area contributed by atoms with Gasteiger partial charge in [0.25, 0.3) is 0 Å². The van der Waals surface area contributed by atoms with Gasteiger partial charge >= 0.3 is 5.69 Å². The zero-order valence-electron chi connectivity index (χ0n) is 15.6. The lowest BCUT2D eigenvalue weighted by Gasteiger charge is -2.19. The average Bonchev–Trinajstić information content (AvgIpc) is 3.49. The Balaban J connectivity index is 1.49. The monoisotopic (exact) mass is 363 g/mol. The highest BCUT2D eigenvalue weighted by Gasteiger charge is 2.33. The van der Waals surface area contributed by atoms with Crippen LogP contribution in [-0.2, 0) is 17.9 Å². The summed E-state index contributed by atoms with van der Waals surface area (Å²) in [6.45, 7) is 2.98. The Bertz CT molecular complexity index is 999. The van der Waals surface area contributed by atoms with E-state index in [2.05, 4.69) is 17.4 Å². The molecular formula is C22H25N3O2. The van der Waals surface area contributed by atoms with Crippen molar-refractivity contribution >= 4 is 16.9 Å². The zero-order valence-corrected chi connectivity index (χ0v) is 15.6. The van der Waals surface area contributed by atoms with E-state index in [1.54, 1.807) is 9.13 Å². The fourth-order valence-corrected chi connectivity index (χ4v) is 3.82. The van der Waals surface area contributed by atoms with Gasteiger partial charge in [-0.25, -0.2) is 4.79 Å². The van der Waals surface area contributed by atoms with Gasteiger partial charge in [-0.1, -0.05) is 42.5 Å². The third-order valence-electron chi connectivity index (χ3n) is 5.37. The predicted octanol–water partition coefficient (Wildman–Crippen LogP) is 3.48. The van der Waals surface area contributed by atoms with Crippen LogP contribution in [0.25, 0.3) is 11.0 Å². The largest absolute Gasteiger partial charge is 0.349 e. The van der Waals surface area contributed by atoms with E-state index in [1.807, 2.05) is 49.4 Å². The Kier molecular flexibility index (Phi) is 4.84. The maximum absolute atomic E-state index is 12.7. The third kappa shape index (κ3) is 3.54. The third-order valence-corrected chi connectivity index (χ3v) is 5.37. The Labute approximate surface area is 158 Å². The van der Waals surface area contributed by atoms with E-state index >= 15 is 0 Å². The second-order valence-corrected chi connectivity index (χ2v) is 7.21. The van der Waals surface area contributed by atoms with E-state index in [9.17, 15) is 9.59 Å². The van der Waals surface area contributed by atoms with Gasteiger partial charge < -0.3 is 5.32 Å². The lowest BCUT2D eigenvalue weighted by atomic mass is 10.0. The standard InChI is InChI=1S/C22H25N3O2/c1-2-24-18-10-6-7-11-19(18)25(22(24)27)15-14-20(26)23-21(17-12-13-17)16-8-4-3-5-9-16/h3-11,17,21H,2,12-15H2,1H3,(H,23,26). The number of carbonyl (C=O) groups is 1. The number of imidazole rings is 1. The Morgan fingerprint density at radius 2 is 1.67 bits per heavy atom. The summed E-state index contributed by atoms with van der Waals surface area (Å²) in [5.74, 6) is 0.525. The Morgan fingerprint density at radius 1 is 1.04 bits per heavy atom. The molecule has 3 aromatic rings. The highest BCUT2D eigenvalue weighted by Crippen LogP contribution is 2.40. The van der Waals surface area contributed by atoms with Crippen LogP contribution in [0.3, 0.4) is 0 Å². The van der Waals surface area contributed by atoms with E-state index in [-0.39, 0.29) is 17.6 Å². The molecule has 1 N–H and O–H groups in total. The van der Waals surface area contributed by atoms with Crippen molar-refractivity contribution in [2.24, 2.45) is 5.92 Å². The molecule has 0 radical (unpaired) electrons. The van der Waals surface area contributed by atoms with E-state index in [0.29, 0.717) is 25.4 Å². The van der Waals surface area contributed by atoms with Crippen molar-refractivity contribution in [2.45, 2.75) is 45.3 Å². The first-order valence-corrected chi connectivity index (χ1v) is 9.71. The number of hydrogen-bond donors (Lipinski definition) is 1. The lowest BCUT2D eigenvalue weighted by Crippen LogP contribution is -2.32. The minimum atomic E-state index is -0.0479. The number of rotatable bonds is 7. The number of nitrogens with one attached hydrogen (secondary N) is 1. The average molecular weight is 363 g/mol. The van der Waals surface area contributed by atoms with E-state index in [0.717, 1.165) is 29.4 Å². The molecule has 1 heterocycles. The SMILES string of the molecule is CCn1c(=O)n(CCC(=O)NC(c2ccccc2)C2CC2)c2ccccc21. The summed E-state index contributed by atoms with van der Waals surface area (Å²) in [5.41, 5.74) is 2.92. The quantitative estimate of drug-likeness (QED) is 0.699. The van der Waals surface area contributed by atoms with Crippen LogP contribution in [0.1, 0.15) is 37.8 Å². The number of amides is 1. The molecule has 0 bridgehead atoms. The van der Waals surface area contributed by atoms with Crippen molar-refractivity contribution < 1.29 is 4.79 Å². The summed E-state index contributed by atoms with van der Waals surface area (Å²) in [6, 6.07) is 18.0. The molecule has 140 valence electrons. The molecule has 1 saturated carbocycles. The number of para-hydroxylation sites is 2. The molecule has 1 aliphatic rings. The van der Waals surface area contributed by atoms with Crippen molar-refractivity contribution in [2.75, 3.05) is 0 Å². The molecule has 0 aliphatic heterocycles. The van der Waals surface area contributed by atoms with Crippen LogP contribution in [0.4, 0.5) is 0 Å². The summed E-state index contributed by atoms with van der Waals surface area (Å²) >= 11 is 0. The van der Waals surface area contributed by atoms with Gasteiger partial charge in [0.15, 0.2) is 0 Å². The summed E-state index contributed by atoms with van der Waals surface area (Å²) in [6.07, 6.45) is 2.61. The minimum absolute atomic E-state index is 0.00372. The number of hydrogen-bond acceptors (Lipinski definition) is 2. The Morgan fingerprint density at radius 3 is 2.30 bits per heavy atom. The molecule has 1 unspecified atom stereocenters. The molecular weight excluding hydrogens is 338 g/mol. The van der Waals surface area contributed by atoms with Crippen LogP contribution < -0.4 is 11.0 Å². The second-order valence-electron chi connectivity index (χ2n) is 7.21. The molecule has 1 fully saturated rings. The van der Waals surface area contributed by atoms with Gasteiger partial charge in [0.2, 0.25) is 5.91 Å². The predicted molar refractivity (Wildman–Crippen MR) is 107 cm³/mol. The number of fused-ring (bicyclic) bond motifs is 1. The van der Waals surface area contributed by atoms with Gasteiger partial charge in [-0.3, -0.25) is 13.9 Å². The molecule has 27 heavy (non-hydrogen) atoms. The molecule has 4 rings (SSSR count). The number of aryl methyl sites for hydroxylation is 2. The highest BCUT2D eigenvalue weighted by molar-refractivity contribution is 5.78. The summed E-state index contributed by atoms with van der Waals surface area (Å²) in [5, 5.41) is 3.19. The van der Waals surface area contributed by atoms with Crippen molar-refractivity contribution in [3.8, 4) is 0 Å². The fourth-order valence-electron chi connectivity index (χ4n) is 3.82. The van der Waals surface area contributed by atoms with Crippen LogP contribution in [0.5, 0.6) is 0 Å². The van der Waals surface area contributed by atoms with Crippen molar-refractivity contribution in [3.63, 3.8) is 0 Å². The van der Waals surface area contributed by atoms with E-state index < -0.39 is 0 Å². The van der Waals surface area contributed by atoms with Crippen LogP contribution in [0, 0.1) is 5.92 Å². The first-order valence-electron chi connectivity index (χ1n) is 9.71. The van der Waals surface area contributed by atoms with Crippen molar-refractivity contribution in [1.82, 2.24) is 14.5 Å². The zero-order chi connectivity index (χ0) is 18.8. The van der Waals surface area contributed by atoms with E-state index in [1.165, 1.54) is 0 Å². The minimum Gasteiger partial charge on any atom is -0.349 e. The number of benzene rings is 2. The van der Waals surface area contributed by atoms with Gasteiger partial charge in [-0.2, -0.15) is 0 Å². The molecule has 0 spiro atoms. The fraction of sp³-hybridized carbons (Fsp3) is 0.364. The molecule has 1 aromatic heterocycles. The molecule has 5 heteroatoms. The summed E-state index contributed by atoms with van der Waals surface area (Å²) in [4.78, 5) is 25.3. The van der Waals surface area contributed by atoms with Gasteiger partial charge in [0, 0.05) is 19.5 Å². The van der Waals surface area contributed by atoms with Crippen molar-refractivity contribution in [3.05, 3.63) is 70.6 Å². The number of carbonyl (C=O) groups excluding carboxylic acids is 1. The van der Waals surface area contributed by atoms with Crippen LogP contribution >= 0.6 is 0 Å². The normalized spacial score (nSPS) is 15.0. The first kappa shape index (κ1) is 17.6. The lowest BCUT2D eigenvalue weighted by molar-refractivity contribution is -0.122. The molecule has 1 atom stereocenters. The topological polar surface area (TPSA) is 56.0 Å². The first-order chi connectivity index (χ1) is 13.2. The van der Waals surface area contributed by atoms with Gasteiger partial charge in [-0.15, -0.1) is 0 Å². The number of aromatic nitrogens is 2. The maximum atomic E-state index is 12.7. The molecule has 5 nitrogen and oxygen atoms in total. The Hall–Kier alpha value is -2.82.